The molecule has 0 N–H and O–H groups in total. The van der Waals surface area contributed by atoms with E-state index in [4.69, 9.17) is 0 Å². The molecule has 0 unspecified atom stereocenters. The van der Waals surface area contributed by atoms with Gasteiger partial charge in [-0.1, -0.05) is 12.1 Å². The maximum absolute atomic E-state index is 12.8. The second kappa shape index (κ2) is 5.00. The van der Waals surface area contributed by atoms with Gasteiger partial charge in [-0.05, 0) is 17.7 Å². The lowest BCUT2D eigenvalue weighted by atomic mass is 10.2. The number of amides is 1. The fraction of sp³-hybridized carbons (Fsp3) is 0.300. The molecule has 0 radical (unpaired) electrons. The number of halogens is 1. The minimum absolute atomic E-state index is 0.0717. The Bertz CT molecular complexity index is 330. The van der Waals surface area contributed by atoms with Crippen LogP contribution in [0.4, 0.5) is 4.39 Å². The van der Waals surface area contributed by atoms with Crippen LogP contribution in [0.2, 0.25) is 0 Å². The van der Waals surface area contributed by atoms with Crippen molar-refractivity contribution in [3.8, 4) is 0 Å². The molecule has 0 saturated carbocycles. The third-order valence-electron chi connectivity index (χ3n) is 1.87. The molecule has 1 rings (SSSR count). The van der Waals surface area contributed by atoms with Crippen molar-refractivity contribution in [2.75, 3.05) is 12.8 Å². The summed E-state index contributed by atoms with van der Waals surface area (Å²) in [5.41, 5.74) is 0.780. The number of nitrogens with zero attached hydrogens (tertiary/aromatic N) is 1. The van der Waals surface area contributed by atoms with Crippen LogP contribution < -0.4 is 0 Å². The molecular weight excluding hydrogens is 201 g/mol. The topological polar surface area (TPSA) is 20.3 Å². The van der Waals surface area contributed by atoms with Crippen LogP contribution in [0.25, 0.3) is 0 Å². The highest BCUT2D eigenvalue weighted by atomic mass is 32.1. The Labute approximate surface area is 88.1 Å². The SMILES string of the molecule is CN(Cc1cccc(F)c1)C(=O)CS. The zero-order valence-corrected chi connectivity index (χ0v) is 8.80. The molecule has 0 fully saturated rings. The summed E-state index contributed by atoms with van der Waals surface area (Å²) in [5, 5.41) is 0. The molecule has 1 aromatic rings. The van der Waals surface area contributed by atoms with Crippen LogP contribution in [-0.2, 0) is 11.3 Å². The van der Waals surface area contributed by atoms with Crippen LogP contribution in [0.15, 0.2) is 24.3 Å². The number of hydrogen-bond acceptors (Lipinski definition) is 2. The van der Waals surface area contributed by atoms with Crippen LogP contribution in [0.1, 0.15) is 5.56 Å². The molecule has 0 aromatic heterocycles. The van der Waals surface area contributed by atoms with Gasteiger partial charge in [-0.25, -0.2) is 4.39 Å². The molecule has 1 aromatic carbocycles. The predicted molar refractivity (Wildman–Crippen MR) is 56.7 cm³/mol. The fourth-order valence-electron chi connectivity index (χ4n) is 1.12. The second-order valence-corrected chi connectivity index (χ2v) is 3.35. The number of benzene rings is 1. The summed E-state index contributed by atoms with van der Waals surface area (Å²) < 4.78 is 12.8. The Balaban J connectivity index is 2.64. The van der Waals surface area contributed by atoms with E-state index in [9.17, 15) is 9.18 Å². The van der Waals surface area contributed by atoms with Crippen molar-refractivity contribution < 1.29 is 9.18 Å². The maximum atomic E-state index is 12.8. The van der Waals surface area contributed by atoms with E-state index in [2.05, 4.69) is 12.6 Å². The lowest BCUT2D eigenvalue weighted by Gasteiger charge is -2.15. The molecule has 76 valence electrons. The molecule has 2 nitrogen and oxygen atoms in total. The van der Waals surface area contributed by atoms with Crippen LogP contribution in [-0.4, -0.2) is 23.6 Å². The van der Waals surface area contributed by atoms with E-state index < -0.39 is 0 Å². The zero-order valence-electron chi connectivity index (χ0n) is 7.90. The molecule has 0 atom stereocenters. The second-order valence-electron chi connectivity index (χ2n) is 3.04. The fourth-order valence-corrected chi connectivity index (χ4v) is 1.36. The molecule has 0 aliphatic heterocycles. The van der Waals surface area contributed by atoms with E-state index in [-0.39, 0.29) is 17.5 Å². The summed E-state index contributed by atoms with van der Waals surface area (Å²) in [6.07, 6.45) is 0. The maximum Gasteiger partial charge on any atom is 0.232 e. The first kappa shape index (κ1) is 11.0. The third-order valence-corrected chi connectivity index (χ3v) is 2.14. The van der Waals surface area contributed by atoms with Gasteiger partial charge in [0.05, 0.1) is 5.75 Å². The molecule has 0 heterocycles. The quantitative estimate of drug-likeness (QED) is 0.758. The highest BCUT2D eigenvalue weighted by Gasteiger charge is 2.06. The summed E-state index contributed by atoms with van der Waals surface area (Å²) in [6.45, 7) is 0.414. The van der Waals surface area contributed by atoms with Gasteiger partial charge in [-0.15, -0.1) is 0 Å². The van der Waals surface area contributed by atoms with Crippen molar-refractivity contribution in [1.82, 2.24) is 4.90 Å². The average molecular weight is 213 g/mol. The summed E-state index contributed by atoms with van der Waals surface area (Å²) in [6, 6.07) is 6.21. The van der Waals surface area contributed by atoms with Crippen molar-refractivity contribution >= 4 is 18.5 Å². The minimum Gasteiger partial charge on any atom is -0.341 e. The van der Waals surface area contributed by atoms with Gasteiger partial charge in [0, 0.05) is 13.6 Å². The van der Waals surface area contributed by atoms with Gasteiger partial charge in [0.2, 0.25) is 5.91 Å². The van der Waals surface area contributed by atoms with Crippen molar-refractivity contribution in [3.05, 3.63) is 35.6 Å². The molecule has 0 aliphatic carbocycles. The van der Waals surface area contributed by atoms with Crippen LogP contribution in [0, 0.1) is 5.82 Å². The monoisotopic (exact) mass is 213 g/mol. The van der Waals surface area contributed by atoms with Gasteiger partial charge >= 0.3 is 0 Å². The van der Waals surface area contributed by atoms with Gasteiger partial charge < -0.3 is 4.90 Å². The molecule has 0 bridgehead atoms. The Morgan fingerprint density at radius 2 is 2.29 bits per heavy atom. The molecule has 14 heavy (non-hydrogen) atoms. The van der Waals surface area contributed by atoms with E-state index >= 15 is 0 Å². The lowest BCUT2D eigenvalue weighted by molar-refractivity contribution is -0.127. The third kappa shape index (κ3) is 3.03. The number of hydrogen-bond donors (Lipinski definition) is 1. The smallest absolute Gasteiger partial charge is 0.232 e. The standard InChI is InChI=1S/C10H12FNOS/c1-12(10(13)7-14)6-8-3-2-4-9(11)5-8/h2-5,14H,6-7H2,1H3. The molecule has 1 amide bonds. The van der Waals surface area contributed by atoms with Gasteiger partial charge in [-0.2, -0.15) is 12.6 Å². The highest BCUT2D eigenvalue weighted by Crippen LogP contribution is 2.06. The van der Waals surface area contributed by atoms with Crippen LogP contribution in [0.3, 0.4) is 0 Å². The van der Waals surface area contributed by atoms with E-state index in [1.54, 1.807) is 19.2 Å². The number of carbonyl (C=O) groups is 1. The molecule has 0 aliphatic rings. The van der Waals surface area contributed by atoms with E-state index in [0.29, 0.717) is 6.54 Å². The number of carbonyl (C=O) groups excluding carboxylic acids is 1. The largest absolute Gasteiger partial charge is 0.341 e. The van der Waals surface area contributed by atoms with E-state index in [1.807, 2.05) is 0 Å². The molecular formula is C10H12FNOS. The molecule has 0 saturated heterocycles. The summed E-state index contributed by atoms with van der Waals surface area (Å²) in [4.78, 5) is 12.7. The van der Waals surface area contributed by atoms with E-state index in [1.165, 1.54) is 17.0 Å². The van der Waals surface area contributed by atoms with Gasteiger partial charge in [0.1, 0.15) is 5.82 Å². The summed E-state index contributed by atoms with van der Waals surface area (Å²) in [7, 11) is 1.67. The Kier molecular flexibility index (Phi) is 3.95. The van der Waals surface area contributed by atoms with Gasteiger partial charge in [0.25, 0.3) is 0 Å². The lowest BCUT2D eigenvalue weighted by Crippen LogP contribution is -2.27. The molecule has 0 spiro atoms. The minimum atomic E-state index is -0.283. The number of thiol groups is 1. The first-order valence-corrected chi connectivity index (χ1v) is 4.86. The van der Waals surface area contributed by atoms with Crippen LogP contribution >= 0.6 is 12.6 Å². The first-order chi connectivity index (χ1) is 6.63. The zero-order chi connectivity index (χ0) is 10.6. The van der Waals surface area contributed by atoms with Crippen molar-refractivity contribution in [2.24, 2.45) is 0 Å². The summed E-state index contributed by atoms with van der Waals surface area (Å²) in [5.74, 6) is -0.182. The Morgan fingerprint density at radius 1 is 1.57 bits per heavy atom. The Morgan fingerprint density at radius 3 is 2.86 bits per heavy atom. The highest BCUT2D eigenvalue weighted by molar-refractivity contribution is 7.81. The molecule has 4 heteroatoms. The predicted octanol–water partition coefficient (Wildman–Crippen LogP) is 1.71. The normalized spacial score (nSPS) is 9.93. The average Bonchev–Trinajstić information content (AvgIpc) is 2.16. The van der Waals surface area contributed by atoms with Gasteiger partial charge in [-0.3, -0.25) is 4.79 Å². The van der Waals surface area contributed by atoms with Crippen molar-refractivity contribution in [1.29, 1.82) is 0 Å². The Hall–Kier alpha value is -1.03. The van der Waals surface area contributed by atoms with Crippen molar-refractivity contribution in [3.63, 3.8) is 0 Å². The van der Waals surface area contributed by atoms with Crippen LogP contribution in [0.5, 0.6) is 0 Å². The van der Waals surface area contributed by atoms with E-state index in [0.717, 1.165) is 5.56 Å². The van der Waals surface area contributed by atoms with Crippen molar-refractivity contribution in [2.45, 2.75) is 6.54 Å². The van der Waals surface area contributed by atoms with Gasteiger partial charge in [0.15, 0.2) is 0 Å². The summed E-state index contributed by atoms with van der Waals surface area (Å²) >= 11 is 3.88. The number of rotatable bonds is 3. The first-order valence-electron chi connectivity index (χ1n) is 4.22.